The number of carbonyl (C=O) groups excluding carboxylic acids is 2. The van der Waals surface area contributed by atoms with Crippen LogP contribution in [-0.2, 0) is 9.59 Å². The molecular weight excluding hydrogens is 240 g/mol. The normalized spacial score (nSPS) is 7.78. The van der Waals surface area contributed by atoms with Crippen LogP contribution in [-0.4, -0.2) is 59.9 Å². The zero-order valence-electron chi connectivity index (χ0n) is 10.0. The second-order valence-electron chi connectivity index (χ2n) is 2.42. The molecule has 102 valence electrons. The van der Waals surface area contributed by atoms with Gasteiger partial charge in [-0.05, 0) is 25.6 Å². The first-order valence-corrected chi connectivity index (χ1v) is 4.59. The van der Waals surface area contributed by atoms with Gasteiger partial charge in [-0.25, -0.2) is 9.98 Å². The molecule has 18 heavy (non-hydrogen) atoms. The van der Waals surface area contributed by atoms with Crippen molar-refractivity contribution in [2.45, 2.75) is 6.10 Å². The van der Waals surface area contributed by atoms with Crippen LogP contribution >= 0.6 is 0 Å². The van der Waals surface area contributed by atoms with Crippen LogP contribution in [0, 0.1) is 0 Å². The fourth-order valence-electron chi connectivity index (χ4n) is 0.187. The Morgan fingerprint density at radius 2 is 1.28 bits per heavy atom. The lowest BCUT2D eigenvalue weighted by Gasteiger charge is -1.96. The average Bonchev–Trinajstić information content (AvgIpc) is 2.45. The van der Waals surface area contributed by atoms with Crippen molar-refractivity contribution in [1.82, 2.24) is 0 Å². The van der Waals surface area contributed by atoms with E-state index in [0.717, 1.165) is 12.2 Å². The summed E-state index contributed by atoms with van der Waals surface area (Å²) in [5, 5.41) is 24.0. The molecule has 7 heteroatoms. The number of hydrogen-bond donors (Lipinski definition) is 3. The number of carbonyl (C=O) groups is 2. The molecule has 0 aliphatic heterocycles. The van der Waals surface area contributed by atoms with Crippen molar-refractivity contribution in [2.75, 3.05) is 13.2 Å². The molecule has 2 amide bonds. The molecule has 0 atom stereocenters. The first kappa shape index (κ1) is 21.3. The van der Waals surface area contributed by atoms with Crippen molar-refractivity contribution in [1.29, 1.82) is 0 Å². The number of nitrogens with zero attached hydrogens (tertiary/aromatic N) is 2. The summed E-state index contributed by atoms with van der Waals surface area (Å²) in [6.45, 7) is 11.5. The van der Waals surface area contributed by atoms with Crippen LogP contribution in [0.4, 0.5) is 0 Å². The molecule has 0 aromatic rings. The Morgan fingerprint density at radius 3 is 1.28 bits per heavy atom. The number of hydrogen-bond acceptors (Lipinski definition) is 5. The van der Waals surface area contributed by atoms with Gasteiger partial charge in [-0.3, -0.25) is 9.59 Å². The van der Waals surface area contributed by atoms with E-state index in [4.69, 9.17) is 15.3 Å². The quantitative estimate of drug-likeness (QED) is 0.447. The third-order valence-corrected chi connectivity index (χ3v) is 1.08. The van der Waals surface area contributed by atoms with Gasteiger partial charge in [-0.2, -0.15) is 0 Å². The van der Waals surface area contributed by atoms with E-state index >= 15 is 0 Å². The maximum absolute atomic E-state index is 9.83. The van der Waals surface area contributed by atoms with E-state index in [0.29, 0.717) is 0 Å². The Bertz CT molecular complexity index is 241. The molecule has 7 nitrogen and oxygen atoms in total. The van der Waals surface area contributed by atoms with Gasteiger partial charge in [0.2, 0.25) is 0 Å². The molecule has 0 aliphatic carbocycles. The first-order chi connectivity index (χ1) is 8.42. The SMILES string of the molecule is C=CC(=O)N=C.C=CC(=O)N=C.OCC(O)CO. The molecule has 0 bridgehead atoms. The van der Waals surface area contributed by atoms with Gasteiger partial charge in [0.05, 0.1) is 13.2 Å². The van der Waals surface area contributed by atoms with Crippen LogP contribution in [0.25, 0.3) is 0 Å². The fourth-order valence-corrected chi connectivity index (χ4v) is 0.187. The van der Waals surface area contributed by atoms with Crippen molar-refractivity contribution < 1.29 is 24.9 Å². The third-order valence-electron chi connectivity index (χ3n) is 1.08. The second kappa shape index (κ2) is 17.4. The highest BCUT2D eigenvalue weighted by molar-refractivity contribution is 5.90. The standard InChI is InChI=1S/2C4H5NO.C3H8O3/c2*1-3-4(6)5-2;4-1-3(6)2-5/h2*3H,1-2H2;3-6H,1-2H2. The van der Waals surface area contributed by atoms with E-state index in [2.05, 4.69) is 36.6 Å². The Labute approximate surface area is 106 Å². The predicted octanol–water partition coefficient (Wildman–Crippen LogP) is -0.869. The Kier molecular flexibility index (Phi) is 20.7. The van der Waals surface area contributed by atoms with E-state index in [1.165, 1.54) is 0 Å². The molecule has 0 rings (SSSR count). The summed E-state index contributed by atoms with van der Waals surface area (Å²) < 4.78 is 0. The van der Waals surface area contributed by atoms with Gasteiger partial charge in [0.15, 0.2) is 0 Å². The number of aliphatic hydroxyl groups excluding tert-OH is 3. The van der Waals surface area contributed by atoms with Crippen LogP contribution in [0.3, 0.4) is 0 Å². The summed E-state index contributed by atoms with van der Waals surface area (Å²) in [6.07, 6.45) is 1.25. The zero-order valence-corrected chi connectivity index (χ0v) is 10.0. The van der Waals surface area contributed by atoms with Crippen molar-refractivity contribution in [2.24, 2.45) is 9.98 Å². The van der Waals surface area contributed by atoms with Gasteiger partial charge in [0.1, 0.15) is 6.10 Å². The lowest BCUT2D eigenvalue weighted by atomic mass is 10.4. The summed E-state index contributed by atoms with van der Waals surface area (Å²) in [5.74, 6) is -0.759. The van der Waals surface area contributed by atoms with Crippen LogP contribution in [0.2, 0.25) is 0 Å². The molecule has 0 aromatic heterocycles. The van der Waals surface area contributed by atoms with Crippen molar-refractivity contribution in [3.63, 3.8) is 0 Å². The van der Waals surface area contributed by atoms with Gasteiger partial charge >= 0.3 is 0 Å². The van der Waals surface area contributed by atoms with E-state index in [1.54, 1.807) is 0 Å². The number of amides is 2. The van der Waals surface area contributed by atoms with Gasteiger partial charge in [-0.15, -0.1) is 0 Å². The third kappa shape index (κ3) is 23.7. The minimum atomic E-state index is -0.954. The fraction of sp³-hybridized carbons (Fsp3) is 0.273. The molecule has 0 unspecified atom stereocenters. The van der Waals surface area contributed by atoms with Gasteiger partial charge in [-0.1, -0.05) is 13.2 Å². The maximum atomic E-state index is 9.83. The Morgan fingerprint density at radius 1 is 1.00 bits per heavy atom. The predicted molar refractivity (Wildman–Crippen MR) is 69.7 cm³/mol. The lowest BCUT2D eigenvalue weighted by Crippen LogP contribution is -2.15. The Hall–Kier alpha value is -1.96. The molecule has 0 radical (unpaired) electrons. The lowest BCUT2D eigenvalue weighted by molar-refractivity contribution is -0.114. The Balaban J connectivity index is -0.000000187. The van der Waals surface area contributed by atoms with Crippen LogP contribution in [0.15, 0.2) is 35.3 Å². The average molecular weight is 258 g/mol. The van der Waals surface area contributed by atoms with E-state index in [9.17, 15) is 9.59 Å². The molecule has 3 N–H and O–H groups in total. The van der Waals surface area contributed by atoms with E-state index in [-0.39, 0.29) is 25.0 Å². The van der Waals surface area contributed by atoms with Crippen molar-refractivity contribution in [3.05, 3.63) is 25.3 Å². The molecule has 0 aliphatic rings. The number of rotatable bonds is 4. The number of aliphatic hydroxyl groups is 3. The van der Waals surface area contributed by atoms with Crippen molar-refractivity contribution in [3.8, 4) is 0 Å². The minimum absolute atomic E-state index is 0.365. The van der Waals surface area contributed by atoms with Crippen molar-refractivity contribution >= 4 is 25.2 Å². The molecule has 0 heterocycles. The molecule has 0 saturated heterocycles. The number of aliphatic imine (C=N–C) groups is 2. The molecular formula is C11H18N2O5. The first-order valence-electron chi connectivity index (χ1n) is 4.59. The molecule has 0 fully saturated rings. The zero-order chi connectivity index (χ0) is 15.0. The summed E-state index contributed by atoms with van der Waals surface area (Å²) >= 11 is 0. The topological polar surface area (TPSA) is 120 Å². The minimum Gasteiger partial charge on any atom is -0.394 e. The van der Waals surface area contributed by atoms with Crippen LogP contribution in [0.1, 0.15) is 0 Å². The van der Waals surface area contributed by atoms with Gasteiger partial charge < -0.3 is 15.3 Å². The summed E-state index contributed by atoms with van der Waals surface area (Å²) in [5.41, 5.74) is 0. The summed E-state index contributed by atoms with van der Waals surface area (Å²) in [4.78, 5) is 25.7. The van der Waals surface area contributed by atoms with Crippen LogP contribution in [0.5, 0.6) is 0 Å². The highest BCUT2D eigenvalue weighted by Gasteiger charge is 1.93. The molecule has 0 spiro atoms. The van der Waals surface area contributed by atoms with E-state index < -0.39 is 6.10 Å². The largest absolute Gasteiger partial charge is 0.394 e. The van der Waals surface area contributed by atoms with E-state index in [1.807, 2.05) is 0 Å². The summed E-state index contributed by atoms with van der Waals surface area (Å²) in [6, 6.07) is 0. The highest BCUT2D eigenvalue weighted by Crippen LogP contribution is 1.71. The second-order valence-corrected chi connectivity index (χ2v) is 2.42. The monoisotopic (exact) mass is 258 g/mol. The van der Waals surface area contributed by atoms with Gasteiger partial charge in [0.25, 0.3) is 11.8 Å². The molecule has 0 saturated carbocycles. The highest BCUT2D eigenvalue weighted by atomic mass is 16.3. The van der Waals surface area contributed by atoms with Gasteiger partial charge in [0, 0.05) is 0 Å². The van der Waals surface area contributed by atoms with Crippen LogP contribution < -0.4 is 0 Å². The maximum Gasteiger partial charge on any atom is 0.268 e. The smallest absolute Gasteiger partial charge is 0.268 e. The molecule has 0 aromatic carbocycles. The summed E-state index contributed by atoms with van der Waals surface area (Å²) in [7, 11) is 0.